The number of phenols is 2. The first-order chi connectivity index (χ1) is 43.9. The number of methoxy groups -OCH3 is 2. The van der Waals surface area contributed by atoms with E-state index in [-0.39, 0.29) is 79.5 Å². The summed E-state index contributed by atoms with van der Waals surface area (Å²) in [6, 6.07) is 0.177. The number of amides is 5. The topological polar surface area (TPSA) is 375 Å². The molecule has 4 fully saturated rings. The number of ether oxygens (including phenoxy) is 8. The van der Waals surface area contributed by atoms with E-state index in [1.54, 1.807) is 6.92 Å². The third-order valence-electron chi connectivity index (χ3n) is 17.0. The molecule has 4 heterocycles. The number of hydrogen-bond acceptors (Lipinski definition) is 22. The Hall–Kier alpha value is -7.58. The number of carbonyl (C=O) groups is 8. The van der Waals surface area contributed by atoms with E-state index in [2.05, 4.69) is 35.6 Å². The first-order valence-corrected chi connectivity index (χ1v) is 30.8. The lowest BCUT2D eigenvalue weighted by Gasteiger charge is -2.44. The number of piperidine rings is 1. The van der Waals surface area contributed by atoms with Gasteiger partial charge in [0.15, 0.2) is 24.6 Å². The predicted molar refractivity (Wildman–Crippen MR) is 304 cm³/mol. The van der Waals surface area contributed by atoms with Crippen LogP contribution < -0.4 is 35.5 Å². The Morgan fingerprint density at radius 2 is 1.45 bits per heavy atom. The van der Waals surface area contributed by atoms with Crippen LogP contribution in [0.15, 0.2) is 18.2 Å². The van der Waals surface area contributed by atoms with Crippen molar-refractivity contribution in [2.75, 3.05) is 73.9 Å². The molecular weight excluding hydrogens is 1270 g/mol. The highest BCUT2D eigenvalue weighted by atomic mass is 32.2. The molecule has 0 aromatic heterocycles. The van der Waals surface area contributed by atoms with Gasteiger partial charge in [0.05, 0.1) is 48.5 Å². The molecule has 4 saturated heterocycles. The van der Waals surface area contributed by atoms with E-state index in [0.29, 0.717) is 13.2 Å². The van der Waals surface area contributed by atoms with Gasteiger partial charge in [0.2, 0.25) is 64.2 Å². The Balaban J connectivity index is 0.743. The number of hydrogen-bond donors (Lipinski definition) is 8. The minimum atomic E-state index is -4.32. The molecule has 2 aliphatic carbocycles. The van der Waals surface area contributed by atoms with Crippen molar-refractivity contribution in [3.05, 3.63) is 80.7 Å². The van der Waals surface area contributed by atoms with E-state index in [9.17, 15) is 84.0 Å². The molecule has 4 aliphatic heterocycles. The molecule has 0 radical (unpaired) electrons. The van der Waals surface area contributed by atoms with Crippen molar-refractivity contribution in [2.24, 2.45) is 5.92 Å². The Bertz CT molecular complexity index is 3580. The number of nitrogens with one attached hydrogen (secondary N) is 5. The maximum absolute atomic E-state index is 14.5. The molecule has 0 unspecified atom stereocenters. The minimum Gasteiger partial charge on any atom is -0.507 e. The zero-order valence-corrected chi connectivity index (χ0v) is 51.9. The maximum Gasteiger partial charge on any atom is 0.314 e. The predicted octanol–water partition coefficient (Wildman–Crippen LogP) is 0.0602. The molecule has 3 aromatic carbocycles. The van der Waals surface area contributed by atoms with Crippen LogP contribution in [0.2, 0.25) is 0 Å². The SMILES string of the molecule is COc1cccc2c1C(=O)c1c(O)c3c(c(O)c1C2=O)C[C@@](O)(C(=O)N(C)CCNC(=O)[C@H](C)NC(=O)[C@H](C)NC(=O)[C@H](C)NC(=O)COCNS(=O)(=O)N1CCC(C(=O)Oc2c(F)c(F)c(F)c(F)c2F)CC1)C[C@@H]3O[C@H]1C[C@H]2[C@H](O[C@@H]3[C@@H](OC)OCCN32)[C@H](C)O1. The highest BCUT2D eigenvalue weighted by Gasteiger charge is 2.56. The van der Waals surface area contributed by atoms with E-state index < -0.39 is 208 Å². The molecule has 6 aliphatic rings. The standard InChI is InChI=1S/C58H69F5N8O21S/c1-24(67-53(79)26(3)68-52(78)25(2)66-34(72)22-87-23-65-93(83,84)70-14-11-28(12-15-70)55(80)92-50-43(62)41(60)40(59)42(61)44(50)63)51(77)64-13-16-69(5)57(81)58(82)20-30-37(48(76)39-38(46(30)74)45(73)29-9-8-10-32(85-6)36(29)47(39)75)33(21-58)90-35-19-31-49(27(4)89-35)91-54-56(86-7)88-18-17-71(31)54/h8-10,24-28,31,33,35,49,54,56,65,74,76,82H,11-23H2,1-7H3,(H,64,77)(H,66,72)(H,67,79)(H,68,78)/t24-,25-,26-,27-,31-,33-,35-,49+,54+,56-,58-/m0/s1. The number of phenolic OH excluding ortho intramolecular Hbond substituents is 2. The number of carbonyl (C=O) groups excluding carboxylic acids is 8. The van der Waals surface area contributed by atoms with Crippen LogP contribution in [0.4, 0.5) is 22.0 Å². The summed E-state index contributed by atoms with van der Waals surface area (Å²) in [6.45, 7) is 3.71. The molecule has 0 bridgehead atoms. The van der Waals surface area contributed by atoms with Crippen LogP contribution in [-0.4, -0.2) is 220 Å². The van der Waals surface area contributed by atoms with Gasteiger partial charge >= 0.3 is 5.97 Å². The van der Waals surface area contributed by atoms with Gasteiger partial charge in [-0.3, -0.25) is 43.3 Å². The highest BCUT2D eigenvalue weighted by molar-refractivity contribution is 7.87. The Labute approximate surface area is 527 Å². The second kappa shape index (κ2) is 28.2. The van der Waals surface area contributed by atoms with E-state index in [4.69, 9.17) is 33.2 Å². The van der Waals surface area contributed by atoms with Crippen molar-refractivity contribution in [2.45, 2.75) is 127 Å². The number of likely N-dealkylation sites (N-methyl/N-ethyl adjacent to an activating group) is 1. The molecule has 35 heteroatoms. The van der Waals surface area contributed by atoms with Gasteiger partial charge < -0.3 is 79.4 Å². The van der Waals surface area contributed by atoms with Crippen LogP contribution in [0.5, 0.6) is 23.0 Å². The third-order valence-corrected chi connectivity index (χ3v) is 18.6. The largest absolute Gasteiger partial charge is 0.507 e. The van der Waals surface area contributed by atoms with Crippen molar-refractivity contribution in [1.29, 1.82) is 0 Å². The van der Waals surface area contributed by atoms with Gasteiger partial charge in [-0.05, 0) is 46.6 Å². The summed E-state index contributed by atoms with van der Waals surface area (Å²) in [4.78, 5) is 111. The van der Waals surface area contributed by atoms with E-state index in [0.717, 1.165) is 9.21 Å². The molecule has 3 aromatic rings. The van der Waals surface area contributed by atoms with Crippen molar-refractivity contribution < 1.29 is 122 Å². The molecular formula is C58H69F5N8O21S. The first kappa shape index (κ1) is 69.8. The van der Waals surface area contributed by atoms with E-state index >= 15 is 0 Å². The number of halogens is 5. The fourth-order valence-corrected chi connectivity index (χ4v) is 13.3. The number of nitrogens with zero attached hydrogens (tertiary/aromatic N) is 3. The number of morpholine rings is 1. The van der Waals surface area contributed by atoms with Crippen LogP contribution in [0.25, 0.3) is 0 Å². The molecule has 508 valence electrons. The number of ketones is 2. The Morgan fingerprint density at radius 1 is 0.828 bits per heavy atom. The van der Waals surface area contributed by atoms with Crippen LogP contribution in [0, 0.1) is 35.0 Å². The highest BCUT2D eigenvalue weighted by Crippen LogP contribution is 2.53. The van der Waals surface area contributed by atoms with Gasteiger partial charge in [-0.1, -0.05) is 12.1 Å². The molecule has 5 amide bonds. The summed E-state index contributed by atoms with van der Waals surface area (Å²) < 4.78 is 143. The zero-order valence-electron chi connectivity index (χ0n) is 51.1. The number of rotatable bonds is 22. The van der Waals surface area contributed by atoms with Gasteiger partial charge in [0, 0.05) is 88.9 Å². The maximum atomic E-state index is 14.5. The number of fused-ring (bicyclic) bond motifs is 6. The van der Waals surface area contributed by atoms with Crippen molar-refractivity contribution in [3.63, 3.8) is 0 Å². The lowest BCUT2D eigenvalue weighted by Crippen LogP contribution is -2.56. The van der Waals surface area contributed by atoms with Crippen LogP contribution in [-0.2, 0) is 73.8 Å². The van der Waals surface area contributed by atoms with Crippen molar-refractivity contribution in [1.82, 2.24) is 40.1 Å². The second-order valence-electron chi connectivity index (χ2n) is 23.1. The molecule has 0 saturated carbocycles. The van der Waals surface area contributed by atoms with Crippen LogP contribution in [0.3, 0.4) is 0 Å². The van der Waals surface area contributed by atoms with Gasteiger partial charge in [-0.2, -0.15) is 26.2 Å². The van der Waals surface area contributed by atoms with Crippen LogP contribution >= 0.6 is 0 Å². The van der Waals surface area contributed by atoms with E-state index in [1.807, 2.05) is 0 Å². The van der Waals surface area contributed by atoms with Crippen molar-refractivity contribution >= 4 is 57.3 Å². The summed E-state index contributed by atoms with van der Waals surface area (Å²) in [5.41, 5.74) is -4.23. The summed E-state index contributed by atoms with van der Waals surface area (Å²) >= 11 is 0. The Kier molecular flexibility index (Phi) is 21.1. The van der Waals surface area contributed by atoms with Crippen LogP contribution in [0.1, 0.15) is 102 Å². The number of benzene rings is 3. The molecule has 8 N–H and O–H groups in total. The lowest BCUT2D eigenvalue weighted by molar-refractivity contribution is -0.256. The first-order valence-electron chi connectivity index (χ1n) is 29.4. The third kappa shape index (κ3) is 14.0. The quantitative estimate of drug-likeness (QED) is 0.00754. The normalized spacial score (nSPS) is 24.8. The van der Waals surface area contributed by atoms with Crippen molar-refractivity contribution in [3.8, 4) is 23.0 Å². The molecule has 0 spiro atoms. The molecule has 93 heavy (non-hydrogen) atoms. The Morgan fingerprint density at radius 3 is 2.10 bits per heavy atom. The molecule has 9 rings (SSSR count). The fraction of sp³-hybridized carbons (Fsp3) is 0.552. The lowest BCUT2D eigenvalue weighted by atomic mass is 9.72. The molecule has 29 nitrogen and oxygen atoms in total. The number of esters is 1. The summed E-state index contributed by atoms with van der Waals surface area (Å²) in [5.74, 6) is -23.6. The zero-order chi connectivity index (χ0) is 67.9. The second-order valence-corrected chi connectivity index (χ2v) is 24.9. The fourth-order valence-electron chi connectivity index (χ4n) is 12.1. The smallest absolute Gasteiger partial charge is 0.314 e. The van der Waals surface area contributed by atoms with Gasteiger partial charge in [0.1, 0.15) is 60.4 Å². The van der Waals surface area contributed by atoms with Gasteiger partial charge in [-0.15, -0.1) is 0 Å². The summed E-state index contributed by atoms with van der Waals surface area (Å²) in [7, 11) is -0.211. The number of aromatic hydroxyl groups is 2. The monoisotopic (exact) mass is 1340 g/mol. The van der Waals surface area contributed by atoms with E-state index in [1.165, 1.54) is 60.2 Å². The minimum absolute atomic E-state index is 0.0343. The summed E-state index contributed by atoms with van der Waals surface area (Å²) in [6.07, 6.45) is -6.52. The average Bonchev–Trinajstić information content (AvgIpc) is 1.23. The van der Waals surface area contributed by atoms with Gasteiger partial charge in [0.25, 0.3) is 16.1 Å². The molecule has 11 atom stereocenters. The van der Waals surface area contributed by atoms with Gasteiger partial charge in [-0.25, -0.2) is 13.2 Å². The average molecular weight is 1340 g/mol. The summed E-state index contributed by atoms with van der Waals surface area (Å²) in [5, 5.41) is 46.5. The number of aliphatic hydroxyl groups is 1.